The SMILES string of the molecule is CCC1CCCCC1NC1CCCc2ccc(O)cc21. The van der Waals surface area contributed by atoms with Crippen LogP contribution in [0.15, 0.2) is 18.2 Å². The smallest absolute Gasteiger partial charge is 0.115 e. The van der Waals surface area contributed by atoms with E-state index in [1.165, 1.54) is 56.1 Å². The molecule has 3 atom stereocenters. The Hall–Kier alpha value is -1.02. The highest BCUT2D eigenvalue weighted by Gasteiger charge is 2.28. The monoisotopic (exact) mass is 273 g/mol. The zero-order chi connectivity index (χ0) is 13.9. The predicted octanol–water partition coefficient (Wildman–Crippen LogP) is 4.33. The van der Waals surface area contributed by atoms with E-state index in [1.54, 1.807) is 0 Å². The molecule has 1 aromatic rings. The fraction of sp³-hybridized carbons (Fsp3) is 0.667. The maximum absolute atomic E-state index is 9.78. The minimum absolute atomic E-state index is 0.410. The third-order valence-electron chi connectivity index (χ3n) is 5.29. The van der Waals surface area contributed by atoms with Gasteiger partial charge in [0, 0.05) is 12.1 Å². The van der Waals surface area contributed by atoms with Gasteiger partial charge in [-0.2, -0.15) is 0 Å². The van der Waals surface area contributed by atoms with E-state index in [4.69, 9.17) is 0 Å². The summed E-state index contributed by atoms with van der Waals surface area (Å²) in [6, 6.07) is 7.04. The molecule has 2 nitrogen and oxygen atoms in total. The Bertz CT molecular complexity index is 457. The fourth-order valence-corrected chi connectivity index (χ4v) is 4.13. The van der Waals surface area contributed by atoms with Crippen molar-refractivity contribution in [3.05, 3.63) is 29.3 Å². The van der Waals surface area contributed by atoms with E-state index >= 15 is 0 Å². The highest BCUT2D eigenvalue weighted by molar-refractivity contribution is 5.38. The zero-order valence-corrected chi connectivity index (χ0v) is 12.6. The van der Waals surface area contributed by atoms with E-state index in [0.29, 0.717) is 17.8 Å². The van der Waals surface area contributed by atoms with E-state index in [2.05, 4.69) is 18.3 Å². The lowest BCUT2D eigenvalue weighted by molar-refractivity contribution is 0.229. The standard InChI is InChI=1S/C18H27NO/c1-2-13-6-3-4-8-17(13)19-18-9-5-7-14-10-11-15(20)12-16(14)18/h10-13,17-20H,2-9H2,1H3. The second-order valence-corrected chi connectivity index (χ2v) is 6.55. The summed E-state index contributed by atoms with van der Waals surface area (Å²) in [6.45, 7) is 2.32. The Labute approximate surface area is 122 Å². The molecule has 2 aliphatic carbocycles. The molecule has 1 fully saturated rings. The molecule has 3 unspecified atom stereocenters. The average Bonchev–Trinajstić information content (AvgIpc) is 2.48. The summed E-state index contributed by atoms with van der Waals surface area (Å²) < 4.78 is 0. The van der Waals surface area contributed by atoms with Crippen LogP contribution in [-0.4, -0.2) is 11.1 Å². The Morgan fingerprint density at radius 3 is 2.85 bits per heavy atom. The van der Waals surface area contributed by atoms with Crippen molar-refractivity contribution in [2.45, 2.75) is 70.4 Å². The van der Waals surface area contributed by atoms with Gasteiger partial charge in [-0.15, -0.1) is 0 Å². The second-order valence-electron chi connectivity index (χ2n) is 6.55. The number of aromatic hydroxyl groups is 1. The van der Waals surface area contributed by atoms with Crippen LogP contribution in [0.3, 0.4) is 0 Å². The van der Waals surface area contributed by atoms with Crippen LogP contribution in [0.4, 0.5) is 0 Å². The van der Waals surface area contributed by atoms with Crippen molar-refractivity contribution in [1.82, 2.24) is 5.32 Å². The van der Waals surface area contributed by atoms with Gasteiger partial charge < -0.3 is 10.4 Å². The van der Waals surface area contributed by atoms with E-state index < -0.39 is 0 Å². The number of fused-ring (bicyclic) bond motifs is 1. The molecule has 0 aromatic heterocycles. The summed E-state index contributed by atoms with van der Waals surface area (Å²) in [7, 11) is 0. The average molecular weight is 273 g/mol. The van der Waals surface area contributed by atoms with Crippen LogP contribution in [0.25, 0.3) is 0 Å². The van der Waals surface area contributed by atoms with Crippen LogP contribution in [0.5, 0.6) is 5.75 Å². The maximum atomic E-state index is 9.78. The maximum Gasteiger partial charge on any atom is 0.115 e. The minimum atomic E-state index is 0.410. The van der Waals surface area contributed by atoms with Gasteiger partial charge in [-0.3, -0.25) is 0 Å². The molecule has 0 amide bonds. The van der Waals surface area contributed by atoms with Crippen LogP contribution in [0, 0.1) is 5.92 Å². The van der Waals surface area contributed by atoms with Gasteiger partial charge in [-0.25, -0.2) is 0 Å². The van der Waals surface area contributed by atoms with E-state index in [-0.39, 0.29) is 0 Å². The predicted molar refractivity (Wildman–Crippen MR) is 83.0 cm³/mol. The summed E-state index contributed by atoms with van der Waals surface area (Å²) in [6.07, 6.45) is 10.4. The molecule has 2 heteroatoms. The molecule has 0 spiro atoms. The number of phenolic OH excluding ortho intramolecular Hbond substituents is 1. The van der Waals surface area contributed by atoms with Crippen LogP contribution >= 0.6 is 0 Å². The molecule has 0 aliphatic heterocycles. The minimum Gasteiger partial charge on any atom is -0.508 e. The number of phenols is 1. The highest BCUT2D eigenvalue weighted by Crippen LogP contribution is 2.35. The van der Waals surface area contributed by atoms with Crippen LogP contribution < -0.4 is 5.32 Å². The molecule has 1 saturated carbocycles. The molecule has 0 radical (unpaired) electrons. The molecule has 0 heterocycles. The normalized spacial score (nSPS) is 29.9. The summed E-state index contributed by atoms with van der Waals surface area (Å²) >= 11 is 0. The Kier molecular flexibility index (Phi) is 4.30. The van der Waals surface area contributed by atoms with Crippen LogP contribution in [0.1, 0.15) is 69.0 Å². The zero-order valence-electron chi connectivity index (χ0n) is 12.6. The molecule has 3 rings (SSSR count). The van der Waals surface area contributed by atoms with Crippen molar-refractivity contribution in [3.63, 3.8) is 0 Å². The third-order valence-corrected chi connectivity index (χ3v) is 5.29. The molecule has 1 aromatic carbocycles. The van der Waals surface area contributed by atoms with Crippen molar-refractivity contribution in [3.8, 4) is 5.75 Å². The summed E-state index contributed by atoms with van der Waals surface area (Å²) in [4.78, 5) is 0. The second kappa shape index (κ2) is 6.17. The Morgan fingerprint density at radius 1 is 1.15 bits per heavy atom. The largest absolute Gasteiger partial charge is 0.508 e. The van der Waals surface area contributed by atoms with Crippen molar-refractivity contribution < 1.29 is 5.11 Å². The lowest BCUT2D eigenvalue weighted by Crippen LogP contribution is -2.41. The number of benzene rings is 1. The van der Waals surface area contributed by atoms with Gasteiger partial charge >= 0.3 is 0 Å². The number of hydrogen-bond donors (Lipinski definition) is 2. The number of hydrogen-bond acceptors (Lipinski definition) is 2. The van der Waals surface area contributed by atoms with Gasteiger partial charge in [0.25, 0.3) is 0 Å². The molecule has 2 aliphatic rings. The van der Waals surface area contributed by atoms with E-state index in [0.717, 1.165) is 12.3 Å². The van der Waals surface area contributed by atoms with Gasteiger partial charge in [-0.05, 0) is 61.3 Å². The molecule has 110 valence electrons. The van der Waals surface area contributed by atoms with Crippen molar-refractivity contribution in [2.75, 3.05) is 0 Å². The molecular weight excluding hydrogens is 246 g/mol. The first-order valence-corrected chi connectivity index (χ1v) is 8.35. The van der Waals surface area contributed by atoms with Gasteiger partial charge in [0.2, 0.25) is 0 Å². The van der Waals surface area contributed by atoms with Gasteiger partial charge in [-0.1, -0.05) is 32.3 Å². The molecule has 0 saturated heterocycles. The topological polar surface area (TPSA) is 32.3 Å². The fourth-order valence-electron chi connectivity index (χ4n) is 4.13. The molecular formula is C18H27NO. The molecule has 20 heavy (non-hydrogen) atoms. The van der Waals surface area contributed by atoms with Crippen LogP contribution in [-0.2, 0) is 6.42 Å². The molecule has 0 bridgehead atoms. The quantitative estimate of drug-likeness (QED) is 0.859. The summed E-state index contributed by atoms with van der Waals surface area (Å²) in [5, 5.41) is 13.7. The Balaban J connectivity index is 1.76. The number of rotatable bonds is 3. The highest BCUT2D eigenvalue weighted by atomic mass is 16.3. The summed E-state index contributed by atoms with van der Waals surface area (Å²) in [5.41, 5.74) is 2.77. The molecule has 2 N–H and O–H groups in total. The number of nitrogens with one attached hydrogen (secondary N) is 1. The van der Waals surface area contributed by atoms with Crippen molar-refractivity contribution in [1.29, 1.82) is 0 Å². The van der Waals surface area contributed by atoms with Gasteiger partial charge in [0.15, 0.2) is 0 Å². The number of aryl methyl sites for hydroxylation is 1. The van der Waals surface area contributed by atoms with Crippen LogP contribution in [0.2, 0.25) is 0 Å². The first kappa shape index (κ1) is 13.9. The lowest BCUT2D eigenvalue weighted by atomic mass is 9.80. The third kappa shape index (κ3) is 2.85. The first-order chi connectivity index (χ1) is 9.78. The van der Waals surface area contributed by atoms with E-state index in [9.17, 15) is 5.11 Å². The lowest BCUT2D eigenvalue weighted by Gasteiger charge is -2.37. The first-order valence-electron chi connectivity index (χ1n) is 8.35. The van der Waals surface area contributed by atoms with Crippen molar-refractivity contribution >= 4 is 0 Å². The van der Waals surface area contributed by atoms with Gasteiger partial charge in [0.1, 0.15) is 5.75 Å². The van der Waals surface area contributed by atoms with Gasteiger partial charge in [0.05, 0.1) is 0 Å². The Morgan fingerprint density at radius 2 is 2.00 bits per heavy atom. The van der Waals surface area contributed by atoms with Crippen molar-refractivity contribution in [2.24, 2.45) is 5.92 Å². The summed E-state index contributed by atoms with van der Waals surface area (Å²) in [5.74, 6) is 1.25. The van der Waals surface area contributed by atoms with E-state index in [1.807, 2.05) is 12.1 Å².